The number of piperidine rings is 1. The summed E-state index contributed by atoms with van der Waals surface area (Å²) in [7, 11) is 0. The average Bonchev–Trinajstić information content (AvgIpc) is 2.89. The lowest BCUT2D eigenvalue weighted by molar-refractivity contribution is -0.157. The third kappa shape index (κ3) is 4.01. The van der Waals surface area contributed by atoms with Crippen LogP contribution in [-0.2, 0) is 15.3 Å². The molecule has 1 atom stereocenters. The number of thioether (sulfide) groups is 1. The van der Waals surface area contributed by atoms with E-state index in [4.69, 9.17) is 0 Å². The van der Waals surface area contributed by atoms with Crippen LogP contribution < -0.4 is 0 Å². The molecule has 1 aliphatic heterocycles. The predicted octanol–water partition coefficient (Wildman–Crippen LogP) is 3.08. The minimum atomic E-state index is -0.892. The molecule has 0 aromatic carbocycles. The van der Waals surface area contributed by atoms with E-state index in [1.807, 2.05) is 31.4 Å². The third-order valence-corrected chi connectivity index (χ3v) is 5.90. The molecule has 0 spiro atoms. The van der Waals surface area contributed by atoms with Crippen LogP contribution in [0.1, 0.15) is 31.6 Å². The van der Waals surface area contributed by atoms with Crippen LogP contribution in [0.4, 0.5) is 0 Å². The Morgan fingerprint density at radius 2 is 2.29 bits per heavy atom. The van der Waals surface area contributed by atoms with Crippen molar-refractivity contribution in [2.24, 2.45) is 5.41 Å². The van der Waals surface area contributed by atoms with E-state index in [1.54, 1.807) is 28.0 Å². The maximum absolute atomic E-state index is 12.4. The number of aliphatic carboxylic acids is 1. The number of likely N-dealkylation sites (tertiary alicyclic amines) is 1. The number of amides is 1. The van der Waals surface area contributed by atoms with Crippen molar-refractivity contribution in [3.8, 4) is 0 Å². The maximum atomic E-state index is 12.4. The Balaban J connectivity index is 1.94. The molecule has 21 heavy (non-hydrogen) atoms. The van der Waals surface area contributed by atoms with E-state index in [1.165, 1.54) is 4.88 Å². The van der Waals surface area contributed by atoms with Crippen LogP contribution in [0.5, 0.6) is 0 Å². The minimum Gasteiger partial charge on any atom is -0.480 e. The number of hydrogen-bond donors (Lipinski definition) is 1. The topological polar surface area (TPSA) is 57.6 Å². The lowest BCUT2D eigenvalue weighted by Gasteiger charge is -2.44. The molecular weight excluding hydrogens is 306 g/mol. The van der Waals surface area contributed by atoms with Crippen molar-refractivity contribution in [2.45, 2.75) is 38.5 Å². The van der Waals surface area contributed by atoms with Gasteiger partial charge < -0.3 is 10.0 Å². The zero-order chi connectivity index (χ0) is 15.5. The van der Waals surface area contributed by atoms with Crippen LogP contribution in [0.15, 0.2) is 17.5 Å². The van der Waals surface area contributed by atoms with Crippen LogP contribution in [-0.4, -0.2) is 40.2 Å². The number of carbonyl (C=O) groups is 2. The number of rotatable bonds is 5. The van der Waals surface area contributed by atoms with Gasteiger partial charge in [0.15, 0.2) is 0 Å². The standard InChI is InChI=1S/C15H21NO3S2/c1-15(2)6-4-7-16(13(15)14(18)19)12(17)10-20-9-11-5-3-8-21-11/h3,5,8,13H,4,6-7,9-10H2,1-2H3,(H,18,19). The third-order valence-electron chi connectivity index (χ3n) is 3.88. The van der Waals surface area contributed by atoms with E-state index in [9.17, 15) is 14.7 Å². The van der Waals surface area contributed by atoms with Gasteiger partial charge in [0.05, 0.1) is 5.75 Å². The van der Waals surface area contributed by atoms with Crippen molar-refractivity contribution in [1.82, 2.24) is 4.90 Å². The number of carboxylic acid groups (broad SMARTS) is 1. The van der Waals surface area contributed by atoms with Crippen LogP contribution in [0.3, 0.4) is 0 Å². The smallest absolute Gasteiger partial charge is 0.326 e. The Morgan fingerprint density at radius 1 is 1.52 bits per heavy atom. The first-order valence-electron chi connectivity index (χ1n) is 7.04. The molecule has 1 aromatic heterocycles. The second-order valence-corrected chi connectivity index (χ2v) is 8.01. The Hall–Kier alpha value is -1.01. The number of hydrogen-bond acceptors (Lipinski definition) is 4. The molecule has 1 aromatic rings. The second-order valence-electron chi connectivity index (χ2n) is 5.99. The molecule has 1 N–H and O–H groups in total. The molecule has 1 aliphatic rings. The van der Waals surface area contributed by atoms with E-state index in [0.717, 1.165) is 18.6 Å². The Labute approximate surface area is 133 Å². The molecule has 0 bridgehead atoms. The summed E-state index contributed by atoms with van der Waals surface area (Å²) in [6.45, 7) is 4.42. The first kappa shape index (κ1) is 16.4. The number of carbonyl (C=O) groups excluding carboxylic acids is 1. The van der Waals surface area contributed by atoms with Crippen molar-refractivity contribution in [3.05, 3.63) is 22.4 Å². The first-order chi connectivity index (χ1) is 9.92. The Morgan fingerprint density at radius 3 is 2.90 bits per heavy atom. The van der Waals surface area contributed by atoms with Gasteiger partial charge in [-0.2, -0.15) is 0 Å². The van der Waals surface area contributed by atoms with Gasteiger partial charge in [-0.25, -0.2) is 4.79 Å². The lowest BCUT2D eigenvalue weighted by Crippen LogP contribution is -2.56. The van der Waals surface area contributed by atoms with Gasteiger partial charge in [0.1, 0.15) is 6.04 Å². The van der Waals surface area contributed by atoms with Crippen LogP contribution in [0, 0.1) is 5.41 Å². The normalized spacial score (nSPS) is 21.2. The fraction of sp³-hybridized carbons (Fsp3) is 0.600. The maximum Gasteiger partial charge on any atom is 0.326 e. The molecule has 2 heterocycles. The average molecular weight is 327 g/mol. The molecule has 0 saturated carbocycles. The van der Waals surface area contributed by atoms with Crippen LogP contribution in [0.25, 0.3) is 0 Å². The zero-order valence-corrected chi connectivity index (χ0v) is 14.0. The summed E-state index contributed by atoms with van der Waals surface area (Å²) in [5.74, 6) is 0.198. The summed E-state index contributed by atoms with van der Waals surface area (Å²) >= 11 is 3.23. The Kier molecular flexibility index (Phi) is 5.32. The first-order valence-corrected chi connectivity index (χ1v) is 9.07. The molecule has 1 amide bonds. The monoisotopic (exact) mass is 327 g/mol. The quantitative estimate of drug-likeness (QED) is 0.903. The fourth-order valence-corrected chi connectivity index (χ4v) is 4.60. The van der Waals surface area contributed by atoms with Gasteiger partial charge in [0.25, 0.3) is 0 Å². The number of carboxylic acids is 1. The summed E-state index contributed by atoms with van der Waals surface area (Å²) < 4.78 is 0. The highest BCUT2D eigenvalue weighted by atomic mass is 32.2. The van der Waals surface area contributed by atoms with Crippen LogP contribution in [0.2, 0.25) is 0 Å². The molecule has 0 radical (unpaired) electrons. The number of nitrogens with zero attached hydrogens (tertiary/aromatic N) is 1. The van der Waals surface area contributed by atoms with Crippen molar-refractivity contribution in [3.63, 3.8) is 0 Å². The SMILES string of the molecule is CC1(C)CCCN(C(=O)CSCc2cccs2)C1C(=O)O. The van der Waals surface area contributed by atoms with Gasteiger partial charge >= 0.3 is 5.97 Å². The molecule has 2 rings (SSSR count). The Bertz CT molecular complexity index is 499. The van der Waals surface area contributed by atoms with Gasteiger partial charge in [0, 0.05) is 17.2 Å². The summed E-state index contributed by atoms with van der Waals surface area (Å²) in [6, 6.07) is 3.34. The zero-order valence-electron chi connectivity index (χ0n) is 12.4. The summed E-state index contributed by atoms with van der Waals surface area (Å²) in [4.78, 5) is 26.7. The number of thiophene rings is 1. The van der Waals surface area contributed by atoms with E-state index in [-0.39, 0.29) is 11.3 Å². The van der Waals surface area contributed by atoms with Crippen molar-refractivity contribution in [1.29, 1.82) is 0 Å². The van der Waals surface area contributed by atoms with E-state index in [0.29, 0.717) is 12.3 Å². The van der Waals surface area contributed by atoms with Gasteiger partial charge in [-0.1, -0.05) is 19.9 Å². The van der Waals surface area contributed by atoms with Gasteiger partial charge in [0.2, 0.25) is 5.91 Å². The van der Waals surface area contributed by atoms with E-state index >= 15 is 0 Å². The second kappa shape index (κ2) is 6.83. The summed E-state index contributed by atoms with van der Waals surface area (Å²) in [5.41, 5.74) is -0.363. The molecular formula is C15H21NO3S2. The highest BCUT2D eigenvalue weighted by Gasteiger charge is 2.44. The molecule has 116 valence electrons. The van der Waals surface area contributed by atoms with Crippen LogP contribution >= 0.6 is 23.1 Å². The molecule has 6 heteroatoms. The van der Waals surface area contributed by atoms with E-state index < -0.39 is 12.0 Å². The van der Waals surface area contributed by atoms with Crippen molar-refractivity contribution < 1.29 is 14.7 Å². The molecule has 0 aliphatic carbocycles. The van der Waals surface area contributed by atoms with E-state index in [2.05, 4.69) is 0 Å². The predicted molar refractivity (Wildman–Crippen MR) is 86.6 cm³/mol. The molecule has 1 unspecified atom stereocenters. The summed E-state index contributed by atoms with van der Waals surface area (Å²) in [5, 5.41) is 11.5. The van der Waals surface area contributed by atoms with Gasteiger partial charge in [-0.3, -0.25) is 4.79 Å². The fourth-order valence-electron chi connectivity index (χ4n) is 2.85. The molecule has 1 fully saturated rings. The molecule has 4 nitrogen and oxygen atoms in total. The highest BCUT2D eigenvalue weighted by molar-refractivity contribution is 7.99. The lowest BCUT2D eigenvalue weighted by atomic mass is 9.76. The largest absolute Gasteiger partial charge is 0.480 e. The molecule has 1 saturated heterocycles. The summed E-state index contributed by atoms with van der Waals surface area (Å²) in [6.07, 6.45) is 1.72. The van der Waals surface area contributed by atoms with Gasteiger partial charge in [-0.05, 0) is 29.7 Å². The van der Waals surface area contributed by atoms with Crippen molar-refractivity contribution in [2.75, 3.05) is 12.3 Å². The van der Waals surface area contributed by atoms with Crippen molar-refractivity contribution >= 4 is 35.0 Å². The highest BCUT2D eigenvalue weighted by Crippen LogP contribution is 2.35. The minimum absolute atomic E-state index is 0.0586. The van der Waals surface area contributed by atoms with Gasteiger partial charge in [-0.15, -0.1) is 23.1 Å².